The first-order valence-corrected chi connectivity index (χ1v) is 11.8. The molecule has 3 heterocycles. The lowest BCUT2D eigenvalue weighted by Gasteiger charge is -2.34. The van der Waals surface area contributed by atoms with Gasteiger partial charge in [0.1, 0.15) is 5.82 Å². The summed E-state index contributed by atoms with van der Waals surface area (Å²) in [5, 5.41) is 0.702. The number of hydrogen-bond donors (Lipinski definition) is 1. The van der Waals surface area contributed by atoms with E-state index >= 15 is 0 Å². The number of carbonyl (C=O) groups is 1. The van der Waals surface area contributed by atoms with Crippen molar-refractivity contribution in [2.75, 3.05) is 51.0 Å². The molecule has 0 saturated carbocycles. The summed E-state index contributed by atoms with van der Waals surface area (Å²) in [6.07, 6.45) is 7.03. The zero-order valence-electron chi connectivity index (χ0n) is 20.5. The maximum absolute atomic E-state index is 12.4. The number of unbranched alkanes of at least 4 members (excludes halogenated alkanes) is 3. The molecule has 0 atom stereocenters. The van der Waals surface area contributed by atoms with Crippen LogP contribution in [0.2, 0.25) is 0 Å². The highest BCUT2D eigenvalue weighted by Crippen LogP contribution is 2.34. The fourth-order valence-corrected chi connectivity index (χ4v) is 3.77. The van der Waals surface area contributed by atoms with Gasteiger partial charge in [-0.05, 0) is 18.2 Å². The predicted octanol–water partition coefficient (Wildman–Crippen LogP) is 4.37. The van der Waals surface area contributed by atoms with E-state index in [0.29, 0.717) is 66.1 Å². The van der Waals surface area contributed by atoms with Gasteiger partial charge in [0.05, 0.1) is 26.0 Å². The number of fused-ring (bicyclic) bond motifs is 1. The Morgan fingerprint density at radius 1 is 1.03 bits per heavy atom. The number of hydrogen-bond acceptors (Lipinski definition) is 8. The van der Waals surface area contributed by atoms with Crippen molar-refractivity contribution in [2.24, 2.45) is 0 Å². The molecule has 9 nitrogen and oxygen atoms in total. The Bertz CT molecular complexity index is 1060. The van der Waals surface area contributed by atoms with Crippen molar-refractivity contribution >= 4 is 28.6 Å². The number of benzene rings is 1. The van der Waals surface area contributed by atoms with Crippen LogP contribution < -0.4 is 20.1 Å². The number of nitrogens with zero attached hydrogens (tertiary/aromatic N) is 4. The highest BCUT2D eigenvalue weighted by atomic mass is 16.5. The largest absolute Gasteiger partial charge is 0.493 e. The third kappa shape index (κ3) is 5.89. The van der Waals surface area contributed by atoms with E-state index < -0.39 is 0 Å². The first kappa shape index (κ1) is 25.1. The number of aromatic nitrogens is 2. The predicted molar refractivity (Wildman–Crippen MR) is 134 cm³/mol. The minimum atomic E-state index is -0.111. The van der Waals surface area contributed by atoms with Crippen LogP contribution >= 0.6 is 0 Å². The summed E-state index contributed by atoms with van der Waals surface area (Å²) in [4.78, 5) is 25.3. The summed E-state index contributed by atoms with van der Waals surface area (Å²) in [6, 6.07) is 6.93. The van der Waals surface area contributed by atoms with Gasteiger partial charge in [-0.1, -0.05) is 39.5 Å². The van der Waals surface area contributed by atoms with Crippen molar-refractivity contribution in [3.8, 4) is 11.5 Å². The number of amides is 1. The minimum absolute atomic E-state index is 0.111. The molecule has 9 heteroatoms. The normalized spacial score (nSPS) is 13.4. The van der Waals surface area contributed by atoms with Crippen molar-refractivity contribution in [1.82, 2.24) is 14.9 Å². The van der Waals surface area contributed by atoms with Crippen molar-refractivity contribution in [3.05, 3.63) is 36.3 Å². The van der Waals surface area contributed by atoms with Crippen LogP contribution in [0.4, 0.5) is 11.8 Å². The van der Waals surface area contributed by atoms with E-state index in [1.165, 1.54) is 31.9 Å². The Balaban J connectivity index is 0.000000481. The summed E-state index contributed by atoms with van der Waals surface area (Å²) >= 11 is 0. The van der Waals surface area contributed by atoms with Crippen LogP contribution in [0, 0.1) is 0 Å². The van der Waals surface area contributed by atoms with Crippen LogP contribution in [-0.2, 0) is 0 Å². The molecular formula is C25H35N5O4. The third-order valence-electron chi connectivity index (χ3n) is 5.76. The molecule has 0 radical (unpaired) electrons. The monoisotopic (exact) mass is 469 g/mol. The van der Waals surface area contributed by atoms with Gasteiger partial charge in [0, 0.05) is 37.6 Å². The van der Waals surface area contributed by atoms with Gasteiger partial charge in [0.15, 0.2) is 17.3 Å². The number of piperazine rings is 1. The Labute approximate surface area is 200 Å². The number of nitrogen functional groups attached to an aromatic ring is 1. The lowest BCUT2D eigenvalue weighted by molar-refractivity contribution is 0.0714. The van der Waals surface area contributed by atoms with Crippen LogP contribution in [0.25, 0.3) is 10.9 Å². The number of methoxy groups -OCH3 is 2. The standard InChI is InChI=1S/C19H21N5O4.C6H14/c1-26-15-10-12-13(11-16(15)27-2)21-19(22-17(12)20)24-7-5-23(6-8-24)18(25)14-4-3-9-28-14;1-3-5-6-4-2/h3-4,9-11H,5-8H2,1-2H3,(H2,20,21,22);3-6H2,1-2H3. The lowest BCUT2D eigenvalue weighted by Crippen LogP contribution is -2.49. The van der Waals surface area contributed by atoms with E-state index in [9.17, 15) is 4.79 Å². The molecule has 3 aromatic rings. The van der Waals surface area contributed by atoms with Crippen LogP contribution in [0.15, 0.2) is 34.9 Å². The highest BCUT2D eigenvalue weighted by Gasteiger charge is 2.25. The smallest absolute Gasteiger partial charge is 0.289 e. The van der Waals surface area contributed by atoms with E-state index in [1.54, 1.807) is 43.4 Å². The second kappa shape index (κ2) is 12.1. The molecule has 4 rings (SSSR count). The topological polar surface area (TPSA) is 107 Å². The lowest BCUT2D eigenvalue weighted by atomic mass is 10.2. The van der Waals surface area contributed by atoms with Gasteiger partial charge in [0.2, 0.25) is 5.95 Å². The van der Waals surface area contributed by atoms with Gasteiger partial charge in [0.25, 0.3) is 5.91 Å². The van der Waals surface area contributed by atoms with Gasteiger partial charge < -0.3 is 29.4 Å². The van der Waals surface area contributed by atoms with E-state index in [-0.39, 0.29) is 5.91 Å². The highest BCUT2D eigenvalue weighted by molar-refractivity contribution is 5.92. The number of nitrogens with two attached hydrogens (primary N) is 1. The molecule has 34 heavy (non-hydrogen) atoms. The van der Waals surface area contributed by atoms with E-state index in [2.05, 4.69) is 23.8 Å². The summed E-state index contributed by atoms with van der Waals surface area (Å²) < 4.78 is 15.9. The van der Waals surface area contributed by atoms with Crippen LogP contribution in [-0.4, -0.2) is 61.2 Å². The van der Waals surface area contributed by atoms with Crippen LogP contribution in [0.3, 0.4) is 0 Å². The molecule has 2 aromatic heterocycles. The Kier molecular flexibility index (Phi) is 8.95. The summed E-state index contributed by atoms with van der Waals surface area (Å²) in [7, 11) is 3.14. The third-order valence-corrected chi connectivity index (χ3v) is 5.76. The quantitative estimate of drug-likeness (QED) is 0.508. The number of furan rings is 1. The fraction of sp³-hybridized carbons (Fsp3) is 0.480. The Hall–Kier alpha value is -3.49. The Morgan fingerprint density at radius 2 is 1.68 bits per heavy atom. The van der Waals surface area contributed by atoms with Gasteiger partial charge in [-0.2, -0.15) is 4.98 Å². The average molecular weight is 470 g/mol. The van der Waals surface area contributed by atoms with Crippen molar-refractivity contribution in [1.29, 1.82) is 0 Å². The molecule has 0 spiro atoms. The zero-order chi connectivity index (χ0) is 24.5. The molecular weight excluding hydrogens is 434 g/mol. The number of ether oxygens (including phenoxy) is 2. The second-order valence-corrected chi connectivity index (χ2v) is 8.10. The number of anilines is 2. The first-order valence-electron chi connectivity index (χ1n) is 11.8. The first-order chi connectivity index (χ1) is 16.5. The van der Waals surface area contributed by atoms with Crippen molar-refractivity contribution < 1.29 is 18.7 Å². The van der Waals surface area contributed by atoms with Crippen LogP contribution in [0.1, 0.15) is 50.1 Å². The zero-order valence-corrected chi connectivity index (χ0v) is 20.5. The van der Waals surface area contributed by atoms with Gasteiger partial charge >= 0.3 is 0 Å². The van der Waals surface area contributed by atoms with E-state index in [1.807, 2.05) is 4.90 Å². The van der Waals surface area contributed by atoms with Crippen molar-refractivity contribution in [3.63, 3.8) is 0 Å². The van der Waals surface area contributed by atoms with Gasteiger partial charge in [-0.3, -0.25) is 4.79 Å². The molecule has 2 N–H and O–H groups in total. The molecule has 0 bridgehead atoms. The van der Waals surface area contributed by atoms with Crippen LogP contribution in [0.5, 0.6) is 11.5 Å². The SMILES string of the molecule is CCCCCC.COc1cc2nc(N3CCN(C(=O)c4ccco4)CC3)nc(N)c2cc1OC. The molecule has 184 valence electrons. The molecule has 1 amide bonds. The Morgan fingerprint density at radius 3 is 2.24 bits per heavy atom. The molecule has 1 aliphatic rings. The van der Waals surface area contributed by atoms with E-state index in [4.69, 9.17) is 19.6 Å². The fourth-order valence-electron chi connectivity index (χ4n) is 3.77. The van der Waals surface area contributed by atoms with E-state index in [0.717, 1.165) is 0 Å². The van der Waals surface area contributed by atoms with Gasteiger partial charge in [-0.25, -0.2) is 4.98 Å². The molecule has 1 aromatic carbocycles. The maximum Gasteiger partial charge on any atom is 0.289 e. The molecule has 1 saturated heterocycles. The molecule has 1 fully saturated rings. The summed E-state index contributed by atoms with van der Waals surface area (Å²) in [5.41, 5.74) is 6.84. The van der Waals surface area contributed by atoms with Gasteiger partial charge in [-0.15, -0.1) is 0 Å². The van der Waals surface area contributed by atoms with Crippen molar-refractivity contribution in [2.45, 2.75) is 39.5 Å². The second-order valence-electron chi connectivity index (χ2n) is 8.10. The molecule has 0 aliphatic carbocycles. The molecule has 0 unspecified atom stereocenters. The number of carbonyl (C=O) groups excluding carboxylic acids is 1. The maximum atomic E-state index is 12.4. The molecule has 1 aliphatic heterocycles. The minimum Gasteiger partial charge on any atom is -0.493 e. The number of rotatable bonds is 7. The summed E-state index contributed by atoms with van der Waals surface area (Å²) in [6.45, 7) is 6.76. The summed E-state index contributed by atoms with van der Waals surface area (Å²) in [5.74, 6) is 2.29. The average Bonchev–Trinajstić information content (AvgIpc) is 3.42.